The summed E-state index contributed by atoms with van der Waals surface area (Å²) in [5.41, 5.74) is 5.88. The van der Waals surface area contributed by atoms with Gasteiger partial charge in [-0.25, -0.2) is 19.6 Å². The van der Waals surface area contributed by atoms with E-state index in [2.05, 4.69) is 46.5 Å². The lowest BCUT2D eigenvalue weighted by atomic mass is 9.79. The van der Waals surface area contributed by atoms with Crippen molar-refractivity contribution < 1.29 is 19.4 Å². The van der Waals surface area contributed by atoms with Crippen molar-refractivity contribution in [1.82, 2.24) is 15.3 Å². The summed E-state index contributed by atoms with van der Waals surface area (Å²) in [5, 5.41) is 12.1. The van der Waals surface area contributed by atoms with Crippen molar-refractivity contribution in [3.8, 4) is 22.5 Å². The smallest absolute Gasteiger partial charge is 0.408 e. The third kappa shape index (κ3) is 8.98. The Hall–Kier alpha value is -4.52. The maximum absolute atomic E-state index is 12.2. The average molecular weight is 580 g/mol. The van der Waals surface area contributed by atoms with Gasteiger partial charge in [0.2, 0.25) is 0 Å². The Morgan fingerprint density at radius 2 is 1.42 bits per heavy atom. The second kappa shape index (κ2) is 15.6. The number of carbonyl (C=O) groups excluding carboxylic acids is 1. The van der Waals surface area contributed by atoms with Gasteiger partial charge in [-0.15, -0.1) is 0 Å². The molecule has 1 aliphatic carbocycles. The van der Waals surface area contributed by atoms with Crippen molar-refractivity contribution in [1.29, 1.82) is 0 Å². The van der Waals surface area contributed by atoms with E-state index < -0.39 is 18.1 Å². The molecule has 1 unspecified atom stereocenters. The van der Waals surface area contributed by atoms with E-state index in [1.807, 2.05) is 80.8 Å². The van der Waals surface area contributed by atoms with Crippen LogP contribution in [0.4, 0.5) is 4.79 Å². The molecule has 7 heteroatoms. The number of aliphatic carboxylic acids is 1. The summed E-state index contributed by atoms with van der Waals surface area (Å²) < 4.78 is 5.17. The van der Waals surface area contributed by atoms with E-state index in [-0.39, 0.29) is 13.0 Å². The van der Waals surface area contributed by atoms with E-state index in [0.717, 1.165) is 33.7 Å². The molecule has 1 heterocycles. The molecule has 1 saturated carbocycles. The van der Waals surface area contributed by atoms with Crippen LogP contribution in [0.2, 0.25) is 0 Å². The molecule has 5 rings (SSSR count). The van der Waals surface area contributed by atoms with Crippen LogP contribution in [0.1, 0.15) is 69.1 Å². The number of hydrogen-bond acceptors (Lipinski definition) is 5. The molecule has 0 spiro atoms. The van der Waals surface area contributed by atoms with Gasteiger partial charge >= 0.3 is 12.1 Å². The first-order valence-electron chi connectivity index (χ1n) is 15.2. The Labute approximate surface area is 254 Å². The van der Waals surface area contributed by atoms with E-state index in [4.69, 9.17) is 4.74 Å². The highest BCUT2D eigenvalue weighted by Gasteiger charge is 2.22. The van der Waals surface area contributed by atoms with Crippen LogP contribution in [-0.4, -0.2) is 33.2 Å². The first-order chi connectivity index (χ1) is 20.9. The van der Waals surface area contributed by atoms with Crippen LogP contribution < -0.4 is 5.32 Å². The standard InChI is InChI=1S/C34H35N3O4.C2H6/c1-23-7-11-26(12-8-23)27-15-17-28(18-16-27)30-20-35-32(36-21-30)29-13-9-24(10-14-29)19-31(33(38)39)37-34(40)41-22-25-5-3-2-4-6-25;1-2/h2-6,9-10,13-18,20-21,23,26,31H,7-8,11-12,19,22H2,1H3,(H,37,40)(H,38,39);1-2H3. The van der Waals surface area contributed by atoms with Crippen LogP contribution in [0.5, 0.6) is 0 Å². The molecular weight excluding hydrogens is 538 g/mol. The number of nitrogens with one attached hydrogen (secondary N) is 1. The minimum atomic E-state index is -1.13. The number of amides is 1. The van der Waals surface area contributed by atoms with Crippen molar-refractivity contribution in [2.45, 2.75) is 71.4 Å². The molecule has 0 radical (unpaired) electrons. The van der Waals surface area contributed by atoms with Crippen molar-refractivity contribution >= 4 is 12.1 Å². The highest BCUT2D eigenvalue weighted by Crippen LogP contribution is 2.36. The molecule has 1 fully saturated rings. The predicted octanol–water partition coefficient (Wildman–Crippen LogP) is 8.05. The molecule has 1 atom stereocenters. The Bertz CT molecular complexity index is 1430. The van der Waals surface area contributed by atoms with Gasteiger partial charge in [-0.3, -0.25) is 0 Å². The number of alkyl carbamates (subject to hydrolysis) is 1. The third-order valence-electron chi connectivity index (χ3n) is 7.84. The fourth-order valence-electron chi connectivity index (χ4n) is 5.30. The number of ether oxygens (including phenoxy) is 1. The Morgan fingerprint density at radius 3 is 2.02 bits per heavy atom. The molecular formula is C36H41N3O4. The number of nitrogens with zero attached hydrogens (tertiary/aromatic N) is 2. The zero-order valence-corrected chi connectivity index (χ0v) is 25.2. The topological polar surface area (TPSA) is 101 Å². The first-order valence-corrected chi connectivity index (χ1v) is 15.2. The van der Waals surface area contributed by atoms with E-state index in [0.29, 0.717) is 11.7 Å². The second-order valence-electron chi connectivity index (χ2n) is 10.9. The molecule has 43 heavy (non-hydrogen) atoms. The van der Waals surface area contributed by atoms with Gasteiger partial charge in [0.1, 0.15) is 12.6 Å². The van der Waals surface area contributed by atoms with E-state index >= 15 is 0 Å². The van der Waals surface area contributed by atoms with Gasteiger partial charge in [0.05, 0.1) is 0 Å². The minimum Gasteiger partial charge on any atom is -0.480 e. The Morgan fingerprint density at radius 1 is 0.814 bits per heavy atom. The van der Waals surface area contributed by atoms with Gasteiger partial charge in [0, 0.05) is 29.9 Å². The monoisotopic (exact) mass is 579 g/mol. The van der Waals surface area contributed by atoms with Gasteiger partial charge in [-0.2, -0.15) is 0 Å². The minimum absolute atomic E-state index is 0.0671. The van der Waals surface area contributed by atoms with Gasteiger partial charge in [-0.05, 0) is 46.9 Å². The number of benzene rings is 3. The van der Waals surface area contributed by atoms with Crippen LogP contribution in [0.25, 0.3) is 22.5 Å². The predicted molar refractivity (Wildman–Crippen MR) is 170 cm³/mol. The quantitative estimate of drug-likeness (QED) is 0.208. The highest BCUT2D eigenvalue weighted by molar-refractivity contribution is 5.80. The van der Waals surface area contributed by atoms with Crippen molar-refractivity contribution in [3.05, 3.63) is 108 Å². The van der Waals surface area contributed by atoms with Gasteiger partial charge < -0.3 is 15.2 Å². The number of aromatic nitrogens is 2. The van der Waals surface area contributed by atoms with Crippen LogP contribution in [-0.2, 0) is 22.6 Å². The van der Waals surface area contributed by atoms with Gasteiger partial charge in [0.15, 0.2) is 5.82 Å². The van der Waals surface area contributed by atoms with Crippen LogP contribution in [0.3, 0.4) is 0 Å². The van der Waals surface area contributed by atoms with Gasteiger partial charge in [0.25, 0.3) is 0 Å². The summed E-state index contributed by atoms with van der Waals surface area (Å²) in [5.74, 6) is 0.964. The molecule has 4 aromatic rings. The Kier molecular flexibility index (Phi) is 11.4. The Balaban J connectivity index is 0.00000207. The molecule has 1 aliphatic rings. The highest BCUT2D eigenvalue weighted by atomic mass is 16.5. The van der Waals surface area contributed by atoms with Crippen LogP contribution >= 0.6 is 0 Å². The first kappa shape index (κ1) is 31.4. The van der Waals surface area contributed by atoms with Crippen molar-refractivity contribution in [2.75, 3.05) is 0 Å². The molecule has 3 aromatic carbocycles. The summed E-state index contributed by atoms with van der Waals surface area (Å²) >= 11 is 0. The van der Waals surface area contributed by atoms with Crippen LogP contribution in [0, 0.1) is 5.92 Å². The summed E-state index contributed by atoms with van der Waals surface area (Å²) in [6.07, 6.45) is 8.17. The number of hydrogen-bond donors (Lipinski definition) is 2. The van der Waals surface area contributed by atoms with E-state index in [1.165, 1.54) is 31.2 Å². The molecule has 224 valence electrons. The van der Waals surface area contributed by atoms with Crippen LogP contribution in [0.15, 0.2) is 91.3 Å². The molecule has 0 aliphatic heterocycles. The lowest BCUT2D eigenvalue weighted by Crippen LogP contribution is -2.42. The molecule has 1 amide bonds. The summed E-state index contributed by atoms with van der Waals surface area (Å²) in [7, 11) is 0. The van der Waals surface area contributed by atoms with Gasteiger partial charge in [-0.1, -0.05) is 112 Å². The zero-order valence-electron chi connectivity index (χ0n) is 25.2. The maximum Gasteiger partial charge on any atom is 0.408 e. The fraction of sp³-hybridized carbons (Fsp3) is 0.333. The largest absolute Gasteiger partial charge is 0.480 e. The second-order valence-corrected chi connectivity index (χ2v) is 10.9. The van der Waals surface area contributed by atoms with E-state index in [9.17, 15) is 14.7 Å². The summed E-state index contributed by atoms with van der Waals surface area (Å²) in [6, 6.07) is 24.3. The average Bonchev–Trinajstić information content (AvgIpc) is 3.06. The maximum atomic E-state index is 12.2. The van der Waals surface area contributed by atoms with Crippen molar-refractivity contribution in [3.63, 3.8) is 0 Å². The number of rotatable bonds is 9. The third-order valence-corrected chi connectivity index (χ3v) is 7.84. The molecule has 0 saturated heterocycles. The number of carboxylic acids is 1. The molecule has 2 N–H and O–H groups in total. The van der Waals surface area contributed by atoms with E-state index in [1.54, 1.807) is 0 Å². The van der Waals surface area contributed by atoms with Crippen molar-refractivity contribution in [2.24, 2.45) is 5.92 Å². The molecule has 7 nitrogen and oxygen atoms in total. The SMILES string of the molecule is CC.CC1CCC(c2ccc(-c3cnc(-c4ccc(CC(NC(=O)OCc5ccccc5)C(=O)O)cc4)nc3)cc2)CC1. The summed E-state index contributed by atoms with van der Waals surface area (Å²) in [4.78, 5) is 33.1. The normalized spacial score (nSPS) is 16.7. The number of carboxylic acid groups (broad SMARTS) is 1. The lowest BCUT2D eigenvalue weighted by molar-refractivity contribution is -0.139. The lowest BCUT2D eigenvalue weighted by Gasteiger charge is -2.26. The summed E-state index contributed by atoms with van der Waals surface area (Å²) in [6.45, 7) is 6.41. The molecule has 1 aromatic heterocycles. The molecule has 0 bridgehead atoms. The fourth-order valence-corrected chi connectivity index (χ4v) is 5.30. The number of carbonyl (C=O) groups is 2. The zero-order chi connectivity index (χ0) is 30.6.